The van der Waals surface area contributed by atoms with E-state index >= 15 is 0 Å². The Kier molecular flexibility index (Phi) is 7.16. The van der Waals surface area contributed by atoms with Crippen molar-refractivity contribution in [2.75, 3.05) is 50.6 Å². The highest BCUT2D eigenvalue weighted by atomic mass is 32.1. The van der Waals surface area contributed by atoms with Gasteiger partial charge in [0.25, 0.3) is 5.91 Å². The molecule has 0 atom stereocenters. The first-order valence-electron chi connectivity index (χ1n) is 12.0. The van der Waals surface area contributed by atoms with E-state index in [2.05, 4.69) is 29.8 Å². The van der Waals surface area contributed by atoms with Crippen LogP contribution in [0, 0.1) is 0 Å². The number of benzene rings is 1. The molecule has 202 valence electrons. The fourth-order valence-corrected chi connectivity index (χ4v) is 5.97. The smallest absolute Gasteiger partial charge is 0.404 e. The van der Waals surface area contributed by atoms with Crippen molar-refractivity contribution < 1.29 is 27.4 Å². The summed E-state index contributed by atoms with van der Waals surface area (Å²) in [6.07, 6.45) is -2.00. The van der Waals surface area contributed by atoms with Crippen LogP contribution < -0.4 is 20.7 Å². The predicted molar refractivity (Wildman–Crippen MR) is 138 cm³/mol. The molecule has 3 aromatic rings. The lowest BCUT2D eigenvalue weighted by molar-refractivity contribution is -0.274. The molecule has 1 fully saturated rings. The van der Waals surface area contributed by atoms with E-state index in [1.807, 2.05) is 7.05 Å². The molecule has 1 aromatic carbocycles. The maximum absolute atomic E-state index is 13.2. The number of rotatable bonds is 7. The summed E-state index contributed by atoms with van der Waals surface area (Å²) in [6.45, 7) is 3.45. The zero-order chi connectivity index (χ0) is 27.0. The van der Waals surface area contributed by atoms with Gasteiger partial charge in [0.15, 0.2) is 5.75 Å². The van der Waals surface area contributed by atoms with Crippen LogP contribution in [0.5, 0.6) is 5.75 Å². The monoisotopic (exact) mass is 548 g/mol. The van der Waals surface area contributed by atoms with Gasteiger partial charge in [-0.2, -0.15) is 0 Å². The van der Waals surface area contributed by atoms with Crippen LogP contribution >= 0.6 is 11.3 Å². The van der Waals surface area contributed by atoms with Crippen LogP contribution in [-0.4, -0.2) is 67.5 Å². The zero-order valence-electron chi connectivity index (χ0n) is 20.9. The number of nitrogens with one attached hydrogen (secondary N) is 1. The summed E-state index contributed by atoms with van der Waals surface area (Å²) >= 11 is 1.27. The number of aromatic nitrogens is 2. The van der Waals surface area contributed by atoms with Crippen LogP contribution in [0.15, 0.2) is 24.4 Å². The quantitative estimate of drug-likeness (QED) is 0.458. The van der Waals surface area contributed by atoms with E-state index in [0.717, 1.165) is 53.4 Å². The molecule has 2 aromatic heterocycles. The molecular formula is C25H27F3N6O3S. The minimum atomic E-state index is -4.87. The molecule has 1 aliphatic carbocycles. The second kappa shape index (κ2) is 10.4. The highest BCUT2D eigenvalue weighted by Gasteiger charge is 2.33. The number of halogens is 3. The van der Waals surface area contributed by atoms with E-state index < -0.39 is 12.3 Å². The largest absolute Gasteiger partial charge is 0.573 e. The molecule has 3 heterocycles. The number of alkyl halides is 3. The molecule has 5 rings (SSSR count). The van der Waals surface area contributed by atoms with Gasteiger partial charge in [-0.1, -0.05) is 0 Å². The number of amides is 1. The standard InChI is InChI=1S/C25H27F3N6O3S/c1-33-7-9-34(10-8-33)15-4-6-18(37-25(26,27)28)17(11-15)31-24-30-12-14-3-5-16-20(21(14)32-24)19(13-36-2)38-22(16)23(29)35/h4,6,11-12H,3,5,7-10,13H2,1-2H3,(H2,29,35)(H,30,31,32). The zero-order valence-corrected chi connectivity index (χ0v) is 21.7. The fourth-order valence-electron chi connectivity index (χ4n) is 4.80. The molecule has 0 unspecified atom stereocenters. The second-order valence-electron chi connectivity index (χ2n) is 9.22. The Morgan fingerprint density at radius 1 is 1.21 bits per heavy atom. The van der Waals surface area contributed by atoms with E-state index in [9.17, 15) is 18.0 Å². The molecular weight excluding hydrogens is 521 g/mol. The van der Waals surface area contributed by atoms with Gasteiger partial charge >= 0.3 is 6.36 Å². The van der Waals surface area contributed by atoms with Crippen molar-refractivity contribution in [1.29, 1.82) is 0 Å². The number of primary amides is 1. The van der Waals surface area contributed by atoms with E-state index in [1.54, 1.807) is 25.4 Å². The van der Waals surface area contributed by atoms with E-state index in [-0.39, 0.29) is 24.0 Å². The van der Waals surface area contributed by atoms with Crippen LogP contribution in [0.25, 0.3) is 11.3 Å². The summed E-state index contributed by atoms with van der Waals surface area (Å²) in [5, 5.41) is 2.94. The Morgan fingerprint density at radius 2 is 1.97 bits per heavy atom. The number of nitrogens with two attached hydrogens (primary N) is 1. The number of methoxy groups -OCH3 is 1. The molecule has 1 aliphatic heterocycles. The molecule has 9 nitrogen and oxygen atoms in total. The van der Waals surface area contributed by atoms with Gasteiger partial charge in [0, 0.05) is 55.6 Å². The van der Waals surface area contributed by atoms with Gasteiger partial charge in [-0.05, 0) is 49.2 Å². The molecule has 38 heavy (non-hydrogen) atoms. The van der Waals surface area contributed by atoms with Crippen molar-refractivity contribution in [2.24, 2.45) is 5.73 Å². The number of hydrogen-bond donors (Lipinski definition) is 2. The minimum Gasteiger partial charge on any atom is -0.404 e. The average molecular weight is 549 g/mol. The van der Waals surface area contributed by atoms with Crippen molar-refractivity contribution >= 4 is 34.6 Å². The first-order valence-corrected chi connectivity index (χ1v) is 12.8. The van der Waals surface area contributed by atoms with Crippen LogP contribution in [0.3, 0.4) is 0 Å². The Balaban J connectivity index is 1.52. The molecule has 0 radical (unpaired) electrons. The number of fused-ring (bicyclic) bond motifs is 3. The van der Waals surface area contributed by atoms with E-state index in [0.29, 0.717) is 23.4 Å². The lowest BCUT2D eigenvalue weighted by Gasteiger charge is -2.34. The first kappa shape index (κ1) is 26.2. The number of piperazine rings is 1. The van der Waals surface area contributed by atoms with Crippen LogP contribution in [0.2, 0.25) is 0 Å². The highest BCUT2D eigenvalue weighted by Crippen LogP contribution is 2.42. The van der Waals surface area contributed by atoms with Gasteiger partial charge in [0.2, 0.25) is 5.95 Å². The normalized spacial score (nSPS) is 15.7. The van der Waals surface area contributed by atoms with Gasteiger partial charge in [0.05, 0.1) is 22.9 Å². The first-order chi connectivity index (χ1) is 18.1. The van der Waals surface area contributed by atoms with Crippen molar-refractivity contribution in [3.8, 4) is 17.0 Å². The molecule has 3 N–H and O–H groups in total. The Labute approximate surface area is 221 Å². The van der Waals surface area contributed by atoms with Crippen LogP contribution in [-0.2, 0) is 24.2 Å². The van der Waals surface area contributed by atoms with Crippen LogP contribution in [0.1, 0.15) is 25.7 Å². The number of carbonyl (C=O) groups excluding carboxylic acids is 1. The molecule has 0 spiro atoms. The van der Waals surface area contributed by atoms with Gasteiger partial charge in [0.1, 0.15) is 0 Å². The number of nitrogens with zero attached hydrogens (tertiary/aromatic N) is 4. The molecule has 1 saturated heterocycles. The number of anilines is 3. The summed E-state index contributed by atoms with van der Waals surface area (Å²) < 4.78 is 49.2. The van der Waals surface area contributed by atoms with E-state index in [1.165, 1.54) is 17.4 Å². The predicted octanol–water partition coefficient (Wildman–Crippen LogP) is 3.94. The Bertz CT molecular complexity index is 1350. The molecule has 0 bridgehead atoms. The maximum Gasteiger partial charge on any atom is 0.573 e. The van der Waals surface area contributed by atoms with Crippen molar-refractivity contribution in [3.63, 3.8) is 0 Å². The maximum atomic E-state index is 13.2. The number of carbonyl (C=O) groups is 1. The van der Waals surface area contributed by atoms with E-state index in [4.69, 9.17) is 10.5 Å². The Hall–Kier alpha value is -3.42. The van der Waals surface area contributed by atoms with Crippen molar-refractivity contribution in [1.82, 2.24) is 14.9 Å². The third-order valence-corrected chi connectivity index (χ3v) is 7.85. The molecule has 0 saturated carbocycles. The summed E-state index contributed by atoms with van der Waals surface area (Å²) in [5.74, 6) is -0.794. The lowest BCUT2D eigenvalue weighted by Crippen LogP contribution is -2.44. The summed E-state index contributed by atoms with van der Waals surface area (Å²) in [4.78, 5) is 26.7. The topological polar surface area (TPSA) is 106 Å². The third kappa shape index (κ3) is 5.40. The minimum absolute atomic E-state index is 0.0926. The van der Waals surface area contributed by atoms with Crippen molar-refractivity contribution in [2.45, 2.75) is 25.8 Å². The average Bonchev–Trinajstić information content (AvgIpc) is 3.24. The second-order valence-corrected chi connectivity index (χ2v) is 10.3. The van der Waals surface area contributed by atoms with Gasteiger partial charge < -0.3 is 30.3 Å². The van der Waals surface area contributed by atoms with Gasteiger partial charge in [-0.3, -0.25) is 4.79 Å². The lowest BCUT2D eigenvalue weighted by atomic mass is 9.90. The number of likely N-dealkylation sites (N-methyl/N-ethyl adjacent to an activating group) is 1. The highest BCUT2D eigenvalue weighted by molar-refractivity contribution is 7.14. The van der Waals surface area contributed by atoms with Gasteiger partial charge in [-0.25, -0.2) is 9.97 Å². The number of aryl methyl sites for hydroxylation is 1. The third-order valence-electron chi connectivity index (χ3n) is 6.63. The Morgan fingerprint density at radius 3 is 2.66 bits per heavy atom. The summed E-state index contributed by atoms with van der Waals surface area (Å²) in [7, 11) is 3.59. The fraction of sp³-hybridized carbons (Fsp3) is 0.400. The van der Waals surface area contributed by atoms with Gasteiger partial charge in [-0.15, -0.1) is 24.5 Å². The number of ether oxygens (including phenoxy) is 2. The number of hydrogen-bond acceptors (Lipinski definition) is 9. The van der Waals surface area contributed by atoms with Crippen molar-refractivity contribution in [3.05, 3.63) is 45.3 Å². The molecule has 2 aliphatic rings. The number of thiophene rings is 1. The summed E-state index contributed by atoms with van der Waals surface area (Å²) in [6, 6.07) is 4.53. The summed E-state index contributed by atoms with van der Waals surface area (Å²) in [5.41, 5.74) is 9.54. The molecule has 1 amide bonds. The molecule has 13 heteroatoms. The SMILES string of the molecule is COCc1sc(C(N)=O)c2c1-c1nc(Nc3cc(N4CCN(C)CC4)ccc3OC(F)(F)F)ncc1CC2. The van der Waals surface area contributed by atoms with Crippen LogP contribution in [0.4, 0.5) is 30.5 Å².